The van der Waals surface area contributed by atoms with Gasteiger partial charge >= 0.3 is 5.97 Å². The zero-order chi connectivity index (χ0) is 27.2. The highest BCUT2D eigenvalue weighted by Crippen LogP contribution is 2.41. The van der Waals surface area contributed by atoms with Crippen molar-refractivity contribution in [3.05, 3.63) is 106 Å². The van der Waals surface area contributed by atoms with Gasteiger partial charge in [0.25, 0.3) is 5.91 Å². The van der Waals surface area contributed by atoms with Crippen LogP contribution in [0.25, 0.3) is 11.1 Å². The lowest BCUT2D eigenvalue weighted by atomic mass is 10.0. The number of nitrogens with one attached hydrogen (secondary N) is 1. The molecule has 0 saturated carbocycles. The van der Waals surface area contributed by atoms with Crippen LogP contribution in [-0.4, -0.2) is 37.2 Å². The predicted octanol–water partition coefficient (Wildman–Crippen LogP) is 6.23. The number of rotatable bonds is 9. The van der Waals surface area contributed by atoms with Crippen LogP contribution in [0.1, 0.15) is 53.2 Å². The van der Waals surface area contributed by atoms with Gasteiger partial charge in [0.05, 0.1) is 13.7 Å². The van der Waals surface area contributed by atoms with E-state index in [0.717, 1.165) is 10.4 Å². The minimum Gasteiger partial charge on any atom is -0.494 e. The molecule has 7 nitrogen and oxygen atoms in total. The van der Waals surface area contributed by atoms with E-state index in [0.29, 0.717) is 28.5 Å². The van der Waals surface area contributed by atoms with Crippen LogP contribution in [0.3, 0.4) is 0 Å². The van der Waals surface area contributed by atoms with Crippen molar-refractivity contribution < 1.29 is 28.7 Å². The molecule has 0 aliphatic heterocycles. The first-order valence-electron chi connectivity index (χ1n) is 11.8. The minimum absolute atomic E-state index is 0.176. The Morgan fingerprint density at radius 3 is 1.95 bits per heavy atom. The summed E-state index contributed by atoms with van der Waals surface area (Å²) in [5, 5.41) is 3.15. The minimum atomic E-state index is -0.662. The van der Waals surface area contributed by atoms with Gasteiger partial charge < -0.3 is 14.8 Å². The topological polar surface area (TPSA) is 98.8 Å². The number of anilines is 1. The first kappa shape index (κ1) is 26.5. The number of hydrogen-bond acceptors (Lipinski definition) is 7. The fourth-order valence-electron chi connectivity index (χ4n) is 3.96. The number of methoxy groups -OCH3 is 1. The summed E-state index contributed by atoms with van der Waals surface area (Å²) in [6.07, 6.45) is 0. The van der Waals surface area contributed by atoms with E-state index in [4.69, 9.17) is 9.47 Å². The molecule has 1 N–H and O–H groups in total. The lowest BCUT2D eigenvalue weighted by molar-refractivity contribution is 0.0603. The number of Topliss-reactive ketones (excluding diaryl/α,β-unsaturated/α-hetero) is 2. The zero-order valence-electron chi connectivity index (χ0n) is 21.1. The van der Waals surface area contributed by atoms with Crippen LogP contribution in [0.2, 0.25) is 0 Å². The Labute approximate surface area is 224 Å². The highest BCUT2D eigenvalue weighted by atomic mass is 32.1. The van der Waals surface area contributed by atoms with Crippen LogP contribution in [0.15, 0.2) is 78.9 Å². The molecule has 1 amide bonds. The number of carbonyl (C=O) groups excluding carboxylic acids is 4. The van der Waals surface area contributed by atoms with Gasteiger partial charge in [-0.15, -0.1) is 11.3 Å². The number of ether oxygens (including phenoxy) is 2. The largest absolute Gasteiger partial charge is 0.494 e. The molecule has 8 heteroatoms. The average molecular weight is 528 g/mol. The van der Waals surface area contributed by atoms with Gasteiger partial charge in [-0.05, 0) is 43.7 Å². The van der Waals surface area contributed by atoms with Gasteiger partial charge in [-0.3, -0.25) is 14.4 Å². The maximum Gasteiger partial charge on any atom is 0.341 e. The Hall–Kier alpha value is -4.56. The van der Waals surface area contributed by atoms with E-state index in [2.05, 4.69) is 5.32 Å². The normalized spacial score (nSPS) is 10.5. The molecule has 38 heavy (non-hydrogen) atoms. The zero-order valence-corrected chi connectivity index (χ0v) is 21.9. The molecule has 0 aliphatic carbocycles. The van der Waals surface area contributed by atoms with E-state index in [9.17, 15) is 19.2 Å². The van der Waals surface area contributed by atoms with Crippen LogP contribution in [0.4, 0.5) is 5.00 Å². The Bertz CT molecular complexity index is 1490. The molecule has 0 spiro atoms. The fourth-order valence-corrected chi connectivity index (χ4v) is 5.02. The molecular formula is C30H25NO6S. The third-order valence-corrected chi connectivity index (χ3v) is 6.83. The van der Waals surface area contributed by atoms with Crippen molar-refractivity contribution >= 4 is 39.8 Å². The molecule has 4 aromatic rings. The van der Waals surface area contributed by atoms with Gasteiger partial charge in [-0.1, -0.05) is 54.6 Å². The molecule has 0 saturated heterocycles. The van der Waals surface area contributed by atoms with E-state index >= 15 is 0 Å². The average Bonchev–Trinajstić information content (AvgIpc) is 3.28. The van der Waals surface area contributed by atoms with Gasteiger partial charge in [-0.2, -0.15) is 0 Å². The summed E-state index contributed by atoms with van der Waals surface area (Å²) in [4.78, 5) is 51.7. The lowest BCUT2D eigenvalue weighted by Crippen LogP contribution is -2.16. The van der Waals surface area contributed by atoms with Crippen molar-refractivity contribution in [3.8, 4) is 16.9 Å². The van der Waals surface area contributed by atoms with Crippen molar-refractivity contribution in [3.63, 3.8) is 0 Å². The quantitative estimate of drug-likeness (QED) is 0.157. The van der Waals surface area contributed by atoms with Crippen LogP contribution >= 0.6 is 11.3 Å². The number of amides is 1. The van der Waals surface area contributed by atoms with E-state index < -0.39 is 23.4 Å². The Morgan fingerprint density at radius 1 is 0.789 bits per heavy atom. The second kappa shape index (κ2) is 11.7. The lowest BCUT2D eigenvalue weighted by Gasteiger charge is -2.09. The van der Waals surface area contributed by atoms with Crippen molar-refractivity contribution in [2.45, 2.75) is 13.8 Å². The second-order valence-electron chi connectivity index (χ2n) is 8.24. The smallest absolute Gasteiger partial charge is 0.341 e. The summed E-state index contributed by atoms with van der Waals surface area (Å²) in [6, 6.07) is 21.4. The number of thiophene rings is 1. The van der Waals surface area contributed by atoms with Crippen molar-refractivity contribution in [2.24, 2.45) is 0 Å². The molecule has 4 rings (SSSR count). The number of esters is 1. The number of carbonyl (C=O) groups is 4. The van der Waals surface area contributed by atoms with Crippen molar-refractivity contribution in [2.75, 3.05) is 19.0 Å². The second-order valence-corrected chi connectivity index (χ2v) is 9.47. The van der Waals surface area contributed by atoms with E-state index in [-0.39, 0.29) is 16.7 Å². The molecule has 0 aliphatic rings. The first-order valence-corrected chi connectivity index (χ1v) is 12.7. The van der Waals surface area contributed by atoms with E-state index in [1.165, 1.54) is 42.7 Å². The van der Waals surface area contributed by atoms with E-state index in [1.807, 2.05) is 38.1 Å². The van der Waals surface area contributed by atoms with Crippen molar-refractivity contribution in [1.82, 2.24) is 0 Å². The maximum atomic E-state index is 13.1. The van der Waals surface area contributed by atoms with Crippen LogP contribution in [-0.2, 0) is 4.74 Å². The summed E-state index contributed by atoms with van der Waals surface area (Å²) in [7, 11) is 1.29. The van der Waals surface area contributed by atoms with Crippen LogP contribution in [0, 0.1) is 6.92 Å². The Balaban J connectivity index is 1.58. The third kappa shape index (κ3) is 5.55. The third-order valence-electron chi connectivity index (χ3n) is 5.81. The molecular weight excluding hydrogens is 502 g/mol. The van der Waals surface area contributed by atoms with Gasteiger partial charge in [0.1, 0.15) is 16.3 Å². The molecule has 0 unspecified atom stereocenters. The molecule has 1 aromatic heterocycles. The van der Waals surface area contributed by atoms with Gasteiger partial charge in [0.15, 0.2) is 0 Å². The molecule has 0 radical (unpaired) electrons. The van der Waals surface area contributed by atoms with Crippen LogP contribution in [0.5, 0.6) is 5.75 Å². The van der Waals surface area contributed by atoms with E-state index in [1.54, 1.807) is 30.3 Å². The number of aryl methyl sites for hydroxylation is 1. The molecule has 1 heterocycles. The van der Waals surface area contributed by atoms with Crippen LogP contribution < -0.4 is 10.1 Å². The number of ketones is 2. The number of benzene rings is 3. The van der Waals surface area contributed by atoms with Gasteiger partial charge in [0, 0.05) is 27.1 Å². The fraction of sp³-hybridized carbons (Fsp3) is 0.133. The summed E-state index contributed by atoms with van der Waals surface area (Å²) in [5.74, 6) is -1.62. The highest BCUT2D eigenvalue weighted by molar-refractivity contribution is 7.17. The summed E-state index contributed by atoms with van der Waals surface area (Å²) < 4.78 is 10.5. The monoisotopic (exact) mass is 527 g/mol. The van der Waals surface area contributed by atoms with Gasteiger partial charge in [-0.25, -0.2) is 4.79 Å². The molecule has 0 bridgehead atoms. The molecule has 192 valence electrons. The van der Waals surface area contributed by atoms with Crippen molar-refractivity contribution in [1.29, 1.82) is 0 Å². The SMILES string of the molecule is CCOc1ccc(-c2c(C)sc(NC(=O)c3ccc(C(=O)C(=O)c4ccccc4)cc3)c2C(=O)OC)cc1. The van der Waals surface area contributed by atoms with Gasteiger partial charge in [0.2, 0.25) is 11.6 Å². The standard InChI is InChI=1S/C30H25NO6S/c1-4-37-23-16-14-19(15-17-23)24-18(2)38-29(25(24)30(35)36-3)31-28(34)22-12-10-21(11-13-22)27(33)26(32)20-8-6-5-7-9-20/h5-17H,4H2,1-3H3,(H,31,34). The molecule has 0 atom stereocenters. The first-order chi connectivity index (χ1) is 18.3. The predicted molar refractivity (Wildman–Crippen MR) is 146 cm³/mol. The molecule has 3 aromatic carbocycles. The Morgan fingerprint density at radius 2 is 1.37 bits per heavy atom. The summed E-state index contributed by atoms with van der Waals surface area (Å²) >= 11 is 1.26. The number of hydrogen-bond donors (Lipinski definition) is 1. The molecule has 0 fully saturated rings. The summed E-state index contributed by atoms with van der Waals surface area (Å²) in [5.41, 5.74) is 2.45. The maximum absolute atomic E-state index is 13.1. The summed E-state index contributed by atoms with van der Waals surface area (Å²) in [6.45, 7) is 4.30. The highest BCUT2D eigenvalue weighted by Gasteiger charge is 2.26. The Kier molecular flexibility index (Phi) is 8.13.